The van der Waals surface area contributed by atoms with Crippen LogP contribution in [0.1, 0.15) is 16.7 Å². The summed E-state index contributed by atoms with van der Waals surface area (Å²) >= 11 is 6.07. The fourth-order valence-corrected chi connectivity index (χ4v) is 2.39. The van der Waals surface area contributed by atoms with Gasteiger partial charge in [-0.15, -0.1) is 0 Å². The third kappa shape index (κ3) is 4.55. The molecule has 1 N–H and O–H groups in total. The Morgan fingerprint density at radius 2 is 2.20 bits per heavy atom. The van der Waals surface area contributed by atoms with Crippen molar-refractivity contribution in [3.05, 3.63) is 83.0 Å². The summed E-state index contributed by atoms with van der Waals surface area (Å²) in [6, 6.07) is 9.48. The predicted octanol–water partition coefficient (Wildman–Crippen LogP) is 3.56. The number of carbonyl (C=O) groups is 1. The fourth-order valence-electron chi connectivity index (χ4n) is 2.20. The lowest BCUT2D eigenvalue weighted by molar-refractivity contribution is -0.116. The summed E-state index contributed by atoms with van der Waals surface area (Å²) in [5.74, 6) is 0.610. The molecule has 0 aliphatic carbocycles. The number of nitrogens with zero attached hydrogens (tertiary/aromatic N) is 3. The molecule has 1 aromatic carbocycles. The zero-order valence-corrected chi connectivity index (χ0v) is 14.4. The highest BCUT2D eigenvalue weighted by Gasteiger charge is 2.01. The first-order valence-electron chi connectivity index (χ1n) is 7.77. The van der Waals surface area contributed by atoms with Gasteiger partial charge in [-0.3, -0.25) is 9.36 Å². The van der Waals surface area contributed by atoms with Gasteiger partial charge < -0.3 is 5.32 Å². The molecule has 2 heterocycles. The molecule has 0 aliphatic heterocycles. The van der Waals surface area contributed by atoms with E-state index in [-0.39, 0.29) is 5.91 Å². The Morgan fingerprint density at radius 3 is 2.88 bits per heavy atom. The highest BCUT2D eigenvalue weighted by Crippen LogP contribution is 2.17. The molecule has 0 aliphatic rings. The molecule has 5 nitrogen and oxygen atoms in total. The minimum Gasteiger partial charge on any atom is -0.348 e. The lowest BCUT2D eigenvalue weighted by Crippen LogP contribution is -2.20. The van der Waals surface area contributed by atoms with E-state index in [2.05, 4.69) is 15.3 Å². The van der Waals surface area contributed by atoms with E-state index >= 15 is 0 Å². The van der Waals surface area contributed by atoms with Crippen LogP contribution in [0, 0.1) is 6.92 Å². The van der Waals surface area contributed by atoms with E-state index in [4.69, 9.17) is 11.6 Å². The van der Waals surface area contributed by atoms with E-state index in [1.807, 2.05) is 48.0 Å². The average molecular weight is 353 g/mol. The van der Waals surface area contributed by atoms with Crippen LogP contribution in [0.3, 0.4) is 0 Å². The Morgan fingerprint density at radius 1 is 1.32 bits per heavy atom. The van der Waals surface area contributed by atoms with Crippen molar-refractivity contribution in [2.45, 2.75) is 13.5 Å². The predicted molar refractivity (Wildman–Crippen MR) is 98.4 cm³/mol. The Hall–Kier alpha value is -2.92. The van der Waals surface area contributed by atoms with Crippen molar-refractivity contribution >= 4 is 23.6 Å². The van der Waals surface area contributed by atoms with Crippen LogP contribution < -0.4 is 5.32 Å². The summed E-state index contributed by atoms with van der Waals surface area (Å²) in [5, 5.41) is 3.52. The lowest BCUT2D eigenvalue weighted by Gasteiger charge is -2.05. The van der Waals surface area contributed by atoms with Gasteiger partial charge in [0.1, 0.15) is 12.1 Å². The molecule has 2 aromatic heterocycles. The number of amides is 1. The van der Waals surface area contributed by atoms with Crippen molar-refractivity contribution < 1.29 is 4.79 Å². The Labute approximate surface area is 151 Å². The van der Waals surface area contributed by atoms with Crippen molar-refractivity contribution in [2.75, 3.05) is 0 Å². The third-order valence-electron chi connectivity index (χ3n) is 3.67. The summed E-state index contributed by atoms with van der Waals surface area (Å²) in [7, 11) is 0. The van der Waals surface area contributed by atoms with Crippen molar-refractivity contribution in [3.63, 3.8) is 0 Å². The van der Waals surface area contributed by atoms with Gasteiger partial charge in [0.25, 0.3) is 0 Å². The number of pyridine rings is 1. The van der Waals surface area contributed by atoms with Gasteiger partial charge in [-0.2, -0.15) is 0 Å². The van der Waals surface area contributed by atoms with Crippen LogP contribution in [0.25, 0.3) is 11.9 Å². The van der Waals surface area contributed by atoms with Crippen molar-refractivity contribution in [3.8, 4) is 5.82 Å². The average Bonchev–Trinajstić information content (AvgIpc) is 3.16. The molecular weight excluding hydrogens is 336 g/mol. The second kappa shape index (κ2) is 7.77. The number of halogens is 1. The van der Waals surface area contributed by atoms with Crippen LogP contribution in [0.15, 0.2) is 61.3 Å². The molecule has 0 fully saturated rings. The molecule has 3 rings (SSSR count). The van der Waals surface area contributed by atoms with Crippen LogP contribution in [0.5, 0.6) is 0 Å². The maximum atomic E-state index is 11.9. The molecule has 25 heavy (non-hydrogen) atoms. The molecule has 0 bridgehead atoms. The van der Waals surface area contributed by atoms with Crippen LogP contribution in [-0.4, -0.2) is 20.4 Å². The van der Waals surface area contributed by atoms with Gasteiger partial charge in [0.15, 0.2) is 0 Å². The van der Waals surface area contributed by atoms with Crippen LogP contribution in [0.4, 0.5) is 0 Å². The molecule has 0 saturated carbocycles. The van der Waals surface area contributed by atoms with Gasteiger partial charge in [0.2, 0.25) is 5.91 Å². The maximum absolute atomic E-state index is 11.9. The second-order valence-electron chi connectivity index (χ2n) is 5.55. The number of hydrogen-bond donors (Lipinski definition) is 1. The number of benzene rings is 1. The van der Waals surface area contributed by atoms with E-state index in [0.29, 0.717) is 11.6 Å². The molecule has 0 spiro atoms. The summed E-state index contributed by atoms with van der Waals surface area (Å²) in [5.41, 5.74) is 2.82. The first-order chi connectivity index (χ1) is 12.1. The number of aryl methyl sites for hydroxylation is 1. The maximum Gasteiger partial charge on any atom is 0.244 e. The summed E-state index contributed by atoms with van der Waals surface area (Å²) in [4.78, 5) is 20.3. The highest BCUT2D eigenvalue weighted by atomic mass is 35.5. The van der Waals surface area contributed by atoms with Crippen LogP contribution in [0.2, 0.25) is 5.02 Å². The van der Waals surface area contributed by atoms with E-state index in [1.165, 1.54) is 6.08 Å². The Balaban J connectivity index is 1.55. The lowest BCUT2D eigenvalue weighted by atomic mass is 10.1. The van der Waals surface area contributed by atoms with Gasteiger partial charge in [-0.25, -0.2) is 9.97 Å². The van der Waals surface area contributed by atoms with Gasteiger partial charge in [-0.05, 0) is 41.8 Å². The van der Waals surface area contributed by atoms with E-state index < -0.39 is 0 Å². The number of nitrogens with one attached hydrogen (secondary N) is 1. The normalized spacial score (nSPS) is 11.0. The number of aromatic nitrogens is 3. The highest BCUT2D eigenvalue weighted by molar-refractivity contribution is 6.31. The summed E-state index contributed by atoms with van der Waals surface area (Å²) < 4.78 is 1.82. The summed E-state index contributed by atoms with van der Waals surface area (Å²) in [6.07, 6.45) is 10.2. The minimum absolute atomic E-state index is 0.171. The zero-order chi connectivity index (χ0) is 17.6. The quantitative estimate of drug-likeness (QED) is 0.714. The van der Waals surface area contributed by atoms with E-state index in [1.54, 1.807) is 24.8 Å². The molecule has 6 heteroatoms. The smallest absolute Gasteiger partial charge is 0.244 e. The van der Waals surface area contributed by atoms with Gasteiger partial charge in [0.05, 0.1) is 0 Å². The van der Waals surface area contributed by atoms with Gasteiger partial charge >= 0.3 is 0 Å². The third-order valence-corrected chi connectivity index (χ3v) is 4.08. The van der Waals surface area contributed by atoms with Crippen LogP contribution in [-0.2, 0) is 11.3 Å². The van der Waals surface area contributed by atoms with E-state index in [0.717, 1.165) is 22.5 Å². The molecule has 3 aromatic rings. The van der Waals surface area contributed by atoms with Crippen molar-refractivity contribution in [1.82, 2.24) is 19.9 Å². The zero-order valence-electron chi connectivity index (χ0n) is 13.7. The number of imidazole rings is 1. The summed E-state index contributed by atoms with van der Waals surface area (Å²) in [6.45, 7) is 2.35. The largest absolute Gasteiger partial charge is 0.348 e. The molecule has 0 saturated heterocycles. The molecule has 126 valence electrons. The van der Waals surface area contributed by atoms with Crippen LogP contribution >= 0.6 is 11.6 Å². The molecule has 0 radical (unpaired) electrons. The van der Waals surface area contributed by atoms with Crippen molar-refractivity contribution in [1.29, 1.82) is 0 Å². The van der Waals surface area contributed by atoms with Gasteiger partial charge in [0, 0.05) is 36.2 Å². The molecule has 0 atom stereocenters. The van der Waals surface area contributed by atoms with Crippen molar-refractivity contribution in [2.24, 2.45) is 0 Å². The standard InChI is InChI=1S/C19H17ClN4O/c1-14-2-3-15(10-17(14)20)5-7-19(25)23-12-16-4-6-18(22-11-16)24-9-8-21-13-24/h2-11,13H,12H2,1H3,(H,23,25)/b7-5+. The molecular formula is C19H17ClN4O. The fraction of sp³-hybridized carbons (Fsp3) is 0.105. The number of rotatable bonds is 5. The first kappa shape index (κ1) is 16.9. The SMILES string of the molecule is Cc1ccc(/C=C/C(=O)NCc2ccc(-n3ccnc3)nc2)cc1Cl. The number of carbonyl (C=O) groups excluding carboxylic acids is 1. The van der Waals surface area contributed by atoms with Gasteiger partial charge in [-0.1, -0.05) is 29.8 Å². The molecule has 0 unspecified atom stereocenters. The van der Waals surface area contributed by atoms with E-state index in [9.17, 15) is 4.79 Å². The minimum atomic E-state index is -0.171. The monoisotopic (exact) mass is 352 g/mol. The number of hydrogen-bond acceptors (Lipinski definition) is 3. The Kier molecular flexibility index (Phi) is 5.26. The first-order valence-corrected chi connectivity index (χ1v) is 8.15. The second-order valence-corrected chi connectivity index (χ2v) is 5.96. The Bertz CT molecular complexity index is 886. The topological polar surface area (TPSA) is 59.8 Å². The molecule has 1 amide bonds.